The second-order valence-corrected chi connectivity index (χ2v) is 3.38. The Morgan fingerprint density at radius 3 is 3.07 bits per heavy atom. The van der Waals surface area contributed by atoms with Crippen molar-refractivity contribution in [3.63, 3.8) is 0 Å². The van der Waals surface area contributed by atoms with Gasteiger partial charge in [0.25, 0.3) is 0 Å². The number of hydrogen-bond donors (Lipinski definition) is 0. The number of pyridine rings is 1. The first-order valence-corrected chi connectivity index (χ1v) is 4.58. The minimum atomic E-state index is -0.293. The molecule has 0 amide bonds. The average Bonchev–Trinajstić information content (AvgIpc) is 2.18. The van der Waals surface area contributed by atoms with Gasteiger partial charge in [-0.05, 0) is 22.0 Å². The van der Waals surface area contributed by atoms with E-state index in [0.717, 1.165) is 0 Å². The molecule has 0 saturated heterocycles. The second kappa shape index (κ2) is 4.72. The van der Waals surface area contributed by atoms with E-state index in [9.17, 15) is 4.79 Å². The number of carbonyl (C=O) groups is 1. The molecule has 1 rings (SSSR count). The zero-order valence-corrected chi connectivity index (χ0v) is 9.04. The Balaban J connectivity index is 3.11. The SMILES string of the molecule is COc1ncc(Br)cc1C(=O)CC#N. The van der Waals surface area contributed by atoms with Gasteiger partial charge in [0.2, 0.25) is 5.88 Å². The Bertz CT molecular complexity index is 398. The first-order valence-electron chi connectivity index (χ1n) is 3.78. The smallest absolute Gasteiger partial charge is 0.224 e. The highest BCUT2D eigenvalue weighted by Gasteiger charge is 2.13. The van der Waals surface area contributed by atoms with Crippen LogP contribution in [-0.4, -0.2) is 17.9 Å². The highest BCUT2D eigenvalue weighted by Crippen LogP contribution is 2.20. The summed E-state index contributed by atoms with van der Waals surface area (Å²) < 4.78 is 5.59. The number of Topliss-reactive ketones (excluding diaryl/α,β-unsaturated/α-hetero) is 1. The summed E-state index contributed by atoms with van der Waals surface area (Å²) >= 11 is 3.19. The summed E-state index contributed by atoms with van der Waals surface area (Å²) in [6.07, 6.45) is 1.36. The van der Waals surface area contributed by atoms with E-state index in [-0.39, 0.29) is 18.1 Å². The van der Waals surface area contributed by atoms with Crippen LogP contribution >= 0.6 is 15.9 Å². The number of aromatic nitrogens is 1. The summed E-state index contributed by atoms with van der Waals surface area (Å²) in [6.45, 7) is 0. The van der Waals surface area contributed by atoms with E-state index in [1.54, 1.807) is 12.1 Å². The summed E-state index contributed by atoms with van der Waals surface area (Å²) in [5.74, 6) is -0.0494. The summed E-state index contributed by atoms with van der Waals surface area (Å²) in [6, 6.07) is 3.38. The van der Waals surface area contributed by atoms with Gasteiger partial charge in [0.05, 0.1) is 25.2 Å². The Morgan fingerprint density at radius 2 is 2.50 bits per heavy atom. The lowest BCUT2D eigenvalue weighted by atomic mass is 10.1. The van der Waals surface area contributed by atoms with Gasteiger partial charge in [0, 0.05) is 10.7 Å². The Hall–Kier alpha value is -1.41. The van der Waals surface area contributed by atoms with Gasteiger partial charge in [-0.3, -0.25) is 4.79 Å². The third-order valence-electron chi connectivity index (χ3n) is 1.55. The van der Waals surface area contributed by atoms with Crippen LogP contribution in [0.4, 0.5) is 0 Å². The topological polar surface area (TPSA) is 63.0 Å². The molecule has 0 aliphatic rings. The van der Waals surface area contributed by atoms with Gasteiger partial charge in [-0.2, -0.15) is 5.26 Å². The molecule has 14 heavy (non-hydrogen) atoms. The van der Waals surface area contributed by atoms with Crippen molar-refractivity contribution in [2.75, 3.05) is 7.11 Å². The minimum Gasteiger partial charge on any atom is -0.480 e. The quantitative estimate of drug-likeness (QED) is 0.774. The van der Waals surface area contributed by atoms with Crippen molar-refractivity contribution < 1.29 is 9.53 Å². The molecule has 1 aromatic heterocycles. The molecule has 72 valence electrons. The number of rotatable bonds is 3. The van der Waals surface area contributed by atoms with Gasteiger partial charge >= 0.3 is 0 Å². The monoisotopic (exact) mass is 254 g/mol. The molecule has 0 fully saturated rings. The molecule has 4 nitrogen and oxygen atoms in total. The zero-order chi connectivity index (χ0) is 10.6. The summed E-state index contributed by atoms with van der Waals surface area (Å²) in [7, 11) is 1.43. The zero-order valence-electron chi connectivity index (χ0n) is 7.45. The lowest BCUT2D eigenvalue weighted by molar-refractivity contribution is 0.0994. The van der Waals surface area contributed by atoms with Crippen molar-refractivity contribution >= 4 is 21.7 Å². The van der Waals surface area contributed by atoms with E-state index in [2.05, 4.69) is 20.9 Å². The molecule has 5 heteroatoms. The first-order chi connectivity index (χ1) is 6.69. The molecule has 0 spiro atoms. The van der Waals surface area contributed by atoms with E-state index < -0.39 is 0 Å². The predicted octanol–water partition coefficient (Wildman–Crippen LogP) is 1.95. The number of nitrogens with zero attached hydrogens (tertiary/aromatic N) is 2. The normalized spacial score (nSPS) is 9.21. The van der Waals surface area contributed by atoms with Gasteiger partial charge < -0.3 is 4.74 Å². The number of ether oxygens (including phenoxy) is 1. The lowest BCUT2D eigenvalue weighted by Gasteiger charge is -2.04. The molecule has 0 radical (unpaired) electrons. The Labute approximate surface area is 89.6 Å². The number of halogens is 1. The highest BCUT2D eigenvalue weighted by atomic mass is 79.9. The van der Waals surface area contributed by atoms with Crippen LogP contribution in [0.15, 0.2) is 16.7 Å². The lowest BCUT2D eigenvalue weighted by Crippen LogP contribution is -2.02. The minimum absolute atomic E-state index is 0.172. The highest BCUT2D eigenvalue weighted by molar-refractivity contribution is 9.10. The fraction of sp³-hybridized carbons (Fsp3) is 0.222. The average molecular weight is 255 g/mol. The van der Waals surface area contributed by atoms with Crippen LogP contribution < -0.4 is 4.74 Å². The summed E-state index contributed by atoms with van der Waals surface area (Å²) in [4.78, 5) is 15.3. The second-order valence-electron chi connectivity index (χ2n) is 2.47. The summed E-state index contributed by atoms with van der Waals surface area (Å²) in [5, 5.41) is 8.39. The maximum absolute atomic E-state index is 11.4. The van der Waals surface area contributed by atoms with Crippen molar-refractivity contribution in [2.24, 2.45) is 0 Å². The number of nitriles is 1. The van der Waals surface area contributed by atoms with Crippen molar-refractivity contribution in [1.82, 2.24) is 4.98 Å². The molecular formula is C9H7BrN2O2. The molecule has 0 atom stereocenters. The Kier molecular flexibility index (Phi) is 3.60. The third kappa shape index (κ3) is 2.30. The molecule has 0 bridgehead atoms. The fourth-order valence-electron chi connectivity index (χ4n) is 0.956. The van der Waals surface area contributed by atoms with Crippen molar-refractivity contribution in [3.8, 4) is 11.9 Å². The fourth-order valence-corrected chi connectivity index (χ4v) is 1.29. The molecule has 0 saturated carbocycles. The van der Waals surface area contributed by atoms with E-state index in [4.69, 9.17) is 10.00 Å². The maximum atomic E-state index is 11.4. The van der Waals surface area contributed by atoms with E-state index >= 15 is 0 Å². The molecule has 0 aliphatic heterocycles. The third-order valence-corrected chi connectivity index (χ3v) is 1.98. The van der Waals surface area contributed by atoms with Crippen molar-refractivity contribution in [3.05, 3.63) is 22.3 Å². The van der Waals surface area contributed by atoms with Crippen LogP contribution in [0.2, 0.25) is 0 Å². The van der Waals surface area contributed by atoms with Crippen LogP contribution in [0.3, 0.4) is 0 Å². The van der Waals surface area contributed by atoms with Crippen molar-refractivity contribution in [1.29, 1.82) is 5.26 Å². The Morgan fingerprint density at radius 1 is 1.79 bits per heavy atom. The van der Waals surface area contributed by atoms with E-state index in [1.165, 1.54) is 13.3 Å². The number of methoxy groups -OCH3 is 1. The van der Waals surface area contributed by atoms with Crippen molar-refractivity contribution in [2.45, 2.75) is 6.42 Å². The van der Waals surface area contributed by atoms with Crippen LogP contribution in [-0.2, 0) is 0 Å². The van der Waals surface area contributed by atoms with Gasteiger partial charge in [-0.15, -0.1) is 0 Å². The van der Waals surface area contributed by atoms with Crippen LogP contribution in [0.1, 0.15) is 16.8 Å². The number of hydrogen-bond acceptors (Lipinski definition) is 4. The van der Waals surface area contributed by atoms with Crippen LogP contribution in [0, 0.1) is 11.3 Å². The van der Waals surface area contributed by atoms with Gasteiger partial charge in [0.15, 0.2) is 5.78 Å². The molecule has 1 heterocycles. The largest absolute Gasteiger partial charge is 0.480 e. The molecule has 0 aliphatic carbocycles. The first kappa shape index (κ1) is 10.7. The standard InChI is InChI=1S/C9H7BrN2O2/c1-14-9-7(8(13)2-3-11)4-6(10)5-12-9/h4-5H,2H2,1H3. The molecular weight excluding hydrogens is 248 g/mol. The number of carbonyl (C=O) groups excluding carboxylic acids is 1. The number of ketones is 1. The summed E-state index contributed by atoms with van der Waals surface area (Å²) in [5.41, 5.74) is 0.323. The van der Waals surface area contributed by atoms with Gasteiger partial charge in [-0.1, -0.05) is 0 Å². The van der Waals surface area contributed by atoms with E-state index in [0.29, 0.717) is 10.0 Å². The molecule has 1 aromatic rings. The predicted molar refractivity (Wildman–Crippen MR) is 53.0 cm³/mol. The van der Waals surface area contributed by atoms with Crippen LogP contribution in [0.5, 0.6) is 5.88 Å². The van der Waals surface area contributed by atoms with Gasteiger partial charge in [0.1, 0.15) is 0 Å². The van der Waals surface area contributed by atoms with E-state index in [1.807, 2.05) is 0 Å². The van der Waals surface area contributed by atoms with Gasteiger partial charge in [-0.25, -0.2) is 4.98 Å². The molecule has 0 unspecified atom stereocenters. The maximum Gasteiger partial charge on any atom is 0.224 e. The molecule has 0 aromatic carbocycles. The van der Waals surface area contributed by atoms with Crippen LogP contribution in [0.25, 0.3) is 0 Å². The molecule has 0 N–H and O–H groups in total.